The molecule has 1 unspecified atom stereocenters. The molecule has 4 atom stereocenters. The number of ether oxygens (including phenoxy) is 3. The number of aromatic nitrogens is 1. The van der Waals surface area contributed by atoms with Gasteiger partial charge in [-0.3, -0.25) is 19.2 Å². The fourth-order valence-electron chi connectivity index (χ4n) is 9.67. The molecule has 1 aliphatic heterocycles. The van der Waals surface area contributed by atoms with Crippen molar-refractivity contribution in [3.63, 3.8) is 0 Å². The summed E-state index contributed by atoms with van der Waals surface area (Å²) < 4.78 is 18.0. The minimum absolute atomic E-state index is 0.0474. The number of benzene rings is 3. The zero-order valence-electron chi connectivity index (χ0n) is 40.8. The number of nitriles is 1. The van der Waals surface area contributed by atoms with Gasteiger partial charge >= 0.3 is 0 Å². The van der Waals surface area contributed by atoms with Crippen molar-refractivity contribution in [1.29, 1.82) is 5.26 Å². The Morgan fingerprint density at radius 1 is 0.971 bits per heavy atom. The number of thiazole rings is 1. The van der Waals surface area contributed by atoms with E-state index in [-0.39, 0.29) is 44.2 Å². The maximum atomic E-state index is 14.1. The fourth-order valence-corrected chi connectivity index (χ4v) is 10.7. The fraction of sp³-hybridized carbons (Fsp3) is 0.500. The molecule has 370 valence electrons. The van der Waals surface area contributed by atoms with E-state index in [1.807, 2.05) is 52.0 Å². The molecule has 17 heteroatoms. The van der Waals surface area contributed by atoms with Crippen LogP contribution in [0.5, 0.6) is 11.5 Å². The molecule has 6 rings (SSSR count). The molecule has 4 amide bonds. The summed E-state index contributed by atoms with van der Waals surface area (Å²) in [4.78, 5) is 61.1. The molecule has 3 aromatic carbocycles. The molecule has 2 heterocycles. The molecule has 1 saturated carbocycles. The minimum Gasteiger partial charge on any atom is -0.494 e. The summed E-state index contributed by atoms with van der Waals surface area (Å²) in [6.07, 6.45) is 1.13. The number of likely N-dealkylation sites (tertiary alicyclic amines) is 1. The first-order chi connectivity index (χ1) is 32.6. The van der Waals surface area contributed by atoms with E-state index in [0.29, 0.717) is 47.3 Å². The van der Waals surface area contributed by atoms with Gasteiger partial charge in [0.25, 0.3) is 5.91 Å². The number of carbonyl (C=O) groups is 4. The van der Waals surface area contributed by atoms with Crippen LogP contribution < -0.4 is 31.2 Å². The predicted octanol–water partition coefficient (Wildman–Crippen LogP) is 7.13. The lowest BCUT2D eigenvalue weighted by atomic mass is 9.49. The van der Waals surface area contributed by atoms with Crippen molar-refractivity contribution in [2.24, 2.45) is 22.0 Å². The van der Waals surface area contributed by atoms with Crippen LogP contribution in [-0.2, 0) is 19.1 Å². The second-order valence-electron chi connectivity index (χ2n) is 20.2. The molecule has 2 fully saturated rings. The quantitative estimate of drug-likeness (QED) is 0.0561. The van der Waals surface area contributed by atoms with Gasteiger partial charge in [-0.25, -0.2) is 4.98 Å². The smallest absolute Gasteiger partial charge is 0.251 e. The summed E-state index contributed by atoms with van der Waals surface area (Å²) in [5, 5.41) is 29.2. The van der Waals surface area contributed by atoms with Gasteiger partial charge in [-0.15, -0.1) is 11.3 Å². The third-order valence-corrected chi connectivity index (χ3v) is 14.4. The van der Waals surface area contributed by atoms with Crippen LogP contribution in [0.25, 0.3) is 10.4 Å². The van der Waals surface area contributed by atoms with Gasteiger partial charge in [0.1, 0.15) is 42.4 Å². The largest absolute Gasteiger partial charge is 0.494 e. The summed E-state index contributed by atoms with van der Waals surface area (Å²) in [5.41, 5.74) is 10.1. The molecule has 0 spiro atoms. The zero-order valence-corrected chi connectivity index (χ0v) is 42.3. The van der Waals surface area contributed by atoms with Crippen LogP contribution in [0.1, 0.15) is 107 Å². The van der Waals surface area contributed by atoms with Crippen LogP contribution in [0.2, 0.25) is 5.02 Å². The molecule has 1 aromatic heterocycles. The summed E-state index contributed by atoms with van der Waals surface area (Å²) >= 11 is 7.79. The van der Waals surface area contributed by atoms with Crippen LogP contribution in [-0.4, -0.2) is 102 Å². The van der Waals surface area contributed by atoms with Crippen molar-refractivity contribution in [2.45, 2.75) is 117 Å². The number of nitrogens with one attached hydrogen (secondary N) is 3. The minimum atomic E-state index is -0.986. The highest BCUT2D eigenvalue weighted by molar-refractivity contribution is 7.13. The Morgan fingerprint density at radius 3 is 2.25 bits per heavy atom. The number of amides is 4. The number of carbonyl (C=O) groups excluding carboxylic acids is 4. The van der Waals surface area contributed by atoms with Crippen molar-refractivity contribution in [3.8, 4) is 28.0 Å². The third-order valence-electron chi connectivity index (χ3n) is 13.1. The van der Waals surface area contributed by atoms with Crippen molar-refractivity contribution < 1.29 is 38.5 Å². The number of halogens is 1. The molecule has 6 N–H and O–H groups in total. The van der Waals surface area contributed by atoms with Crippen LogP contribution in [0.15, 0.2) is 72.2 Å². The first-order valence-corrected chi connectivity index (χ1v) is 24.7. The van der Waals surface area contributed by atoms with Crippen molar-refractivity contribution in [3.05, 3.63) is 99.6 Å². The number of unbranched alkanes of at least 4 members (excludes halogenated alkanes) is 2. The van der Waals surface area contributed by atoms with Gasteiger partial charge in [-0.2, -0.15) is 5.26 Å². The van der Waals surface area contributed by atoms with Gasteiger partial charge in [-0.05, 0) is 79.1 Å². The highest BCUT2D eigenvalue weighted by Crippen LogP contribution is 2.55. The van der Waals surface area contributed by atoms with Crippen LogP contribution in [0.4, 0.5) is 0 Å². The second-order valence-corrected chi connectivity index (χ2v) is 21.5. The molecule has 0 radical (unpaired) electrons. The lowest BCUT2D eigenvalue weighted by molar-refractivity contribution is -0.164. The van der Waals surface area contributed by atoms with Crippen LogP contribution in [0.3, 0.4) is 0 Å². The highest BCUT2D eigenvalue weighted by Gasteiger charge is 2.64. The lowest BCUT2D eigenvalue weighted by Gasteiger charge is -2.63. The summed E-state index contributed by atoms with van der Waals surface area (Å²) in [6.45, 7) is 16.3. The van der Waals surface area contributed by atoms with Gasteiger partial charge in [-0.1, -0.05) is 84.3 Å². The van der Waals surface area contributed by atoms with E-state index in [1.165, 1.54) is 4.90 Å². The Kier molecular flexibility index (Phi) is 17.2. The molecule has 1 saturated heterocycles. The summed E-state index contributed by atoms with van der Waals surface area (Å²) in [6, 6.07) is 19.2. The first-order valence-electron chi connectivity index (χ1n) is 23.4. The Bertz CT molecular complexity index is 2470. The molecule has 1 aliphatic carbocycles. The SMILES string of the molecule is Cc1ncsc1-c1ccc([C@H](CN)NC(=O)[C@@H]2C[C@@H](O)CN2C(=O)C(NC(=O)COCCCCCOc2ccc(C(=O)N[C@H]3C(C)(C)[C@H](Oc4ccc(C#N)c(Cl)c4)C3(C)C)cc2)C(C)(C)C)cc1. The molecule has 0 bridgehead atoms. The highest BCUT2D eigenvalue weighted by atomic mass is 35.5. The maximum Gasteiger partial charge on any atom is 0.251 e. The van der Waals surface area contributed by atoms with E-state index in [4.69, 9.17) is 31.5 Å². The van der Waals surface area contributed by atoms with Crippen molar-refractivity contribution >= 4 is 46.6 Å². The number of rotatable bonds is 20. The van der Waals surface area contributed by atoms with Crippen LogP contribution in [0, 0.1) is 34.5 Å². The Morgan fingerprint density at radius 2 is 1.64 bits per heavy atom. The number of aliphatic hydroxyl groups excluding tert-OH is 1. The van der Waals surface area contributed by atoms with Crippen LogP contribution >= 0.6 is 22.9 Å². The van der Waals surface area contributed by atoms with E-state index >= 15 is 0 Å². The Labute approximate surface area is 414 Å². The Balaban J connectivity index is 0.896. The molecular weight excluding hydrogens is 918 g/mol. The topological polar surface area (TPSA) is 218 Å². The lowest BCUT2D eigenvalue weighted by Crippen LogP contribution is -2.74. The van der Waals surface area contributed by atoms with E-state index < -0.39 is 58.2 Å². The number of aliphatic hydroxyl groups is 1. The molecular formula is C52H66ClN7O8S. The molecule has 4 aromatic rings. The van der Waals surface area contributed by atoms with E-state index in [0.717, 1.165) is 34.5 Å². The first kappa shape index (κ1) is 52.8. The average Bonchev–Trinajstić information content (AvgIpc) is 3.93. The number of β-amino-alcohol motifs (C(OH)–C–C–N with tert-alkyl or cyclic N) is 1. The number of nitrogens with zero attached hydrogens (tertiary/aromatic N) is 3. The van der Waals surface area contributed by atoms with Gasteiger partial charge in [0.05, 0.1) is 45.4 Å². The van der Waals surface area contributed by atoms with E-state index in [2.05, 4.69) is 54.7 Å². The average molecular weight is 985 g/mol. The van der Waals surface area contributed by atoms with E-state index in [1.54, 1.807) is 59.3 Å². The van der Waals surface area contributed by atoms with Gasteiger partial charge in [0.15, 0.2) is 0 Å². The number of hydrogen-bond donors (Lipinski definition) is 5. The number of hydrogen-bond acceptors (Lipinski definition) is 12. The maximum absolute atomic E-state index is 14.1. The predicted molar refractivity (Wildman–Crippen MR) is 266 cm³/mol. The van der Waals surface area contributed by atoms with Crippen molar-refractivity contribution in [1.82, 2.24) is 25.8 Å². The summed E-state index contributed by atoms with van der Waals surface area (Å²) in [7, 11) is 0. The Hall–Kier alpha value is -5.57. The monoisotopic (exact) mass is 983 g/mol. The summed E-state index contributed by atoms with van der Waals surface area (Å²) in [5.74, 6) is -0.347. The normalized spacial score (nSPS) is 20.2. The second kappa shape index (κ2) is 22.5. The molecule has 69 heavy (non-hydrogen) atoms. The molecule has 2 aliphatic rings. The van der Waals surface area contributed by atoms with Gasteiger partial charge in [0, 0.05) is 54.6 Å². The zero-order chi connectivity index (χ0) is 50.3. The van der Waals surface area contributed by atoms with Gasteiger partial charge in [0.2, 0.25) is 17.7 Å². The van der Waals surface area contributed by atoms with Crippen molar-refractivity contribution in [2.75, 3.05) is 32.9 Å². The third kappa shape index (κ3) is 12.6. The molecule has 15 nitrogen and oxygen atoms in total. The van der Waals surface area contributed by atoms with E-state index in [9.17, 15) is 29.5 Å². The number of nitrogens with two attached hydrogens (primary N) is 1. The standard InChI is InChI=1S/C52H66ClN7O8S/c1-31-43(69-30-56-31)33-14-12-32(13-15-33)40(27-55)57-46(64)41-24-36(61)28-60(41)47(65)44(50(2,3)4)58-42(62)29-66-22-10-9-11-23-67-37-19-16-34(17-20-37)45(63)59-48-51(5,6)49(52(48,7)8)68-38-21-18-35(26-54)39(53)25-38/h12-21,25,30,36,40-41,44,48-49,61H,9-11,22-24,27-29,55H2,1-8H3,(H,57,64)(H,58,62)(H,59,63)/t36-,40+,41+,44?,48-,49-/m1/s1. The number of aryl methyl sites for hydroxylation is 1. The van der Waals surface area contributed by atoms with Gasteiger partial charge < -0.3 is 45.9 Å².